The lowest BCUT2D eigenvalue weighted by atomic mass is 9.98. The second-order valence-electron chi connectivity index (χ2n) is 3.74. The molecule has 0 aliphatic rings. The highest BCUT2D eigenvalue weighted by Gasteiger charge is 2.13. The van der Waals surface area contributed by atoms with Crippen molar-refractivity contribution in [3.05, 3.63) is 22.8 Å². The van der Waals surface area contributed by atoms with Gasteiger partial charge in [-0.15, -0.1) is 0 Å². The van der Waals surface area contributed by atoms with Gasteiger partial charge in [-0.2, -0.15) is 0 Å². The molecule has 0 aliphatic heterocycles. The summed E-state index contributed by atoms with van der Waals surface area (Å²) >= 11 is 0. The second-order valence-corrected chi connectivity index (χ2v) is 3.74. The van der Waals surface area contributed by atoms with Crippen LogP contribution < -0.4 is 9.47 Å². The molecule has 0 aliphatic carbocycles. The molecular formula is C13H18O3. The first-order valence-corrected chi connectivity index (χ1v) is 5.30. The van der Waals surface area contributed by atoms with Gasteiger partial charge in [-0.3, -0.25) is 0 Å². The molecule has 16 heavy (non-hydrogen) atoms. The van der Waals surface area contributed by atoms with Crippen molar-refractivity contribution in [2.45, 2.75) is 26.7 Å². The van der Waals surface area contributed by atoms with Crippen LogP contribution in [0.4, 0.5) is 0 Å². The average molecular weight is 222 g/mol. The third kappa shape index (κ3) is 2.35. The molecule has 1 aromatic rings. The molecule has 0 saturated heterocycles. The van der Waals surface area contributed by atoms with Crippen molar-refractivity contribution >= 4 is 6.29 Å². The Morgan fingerprint density at radius 1 is 1.25 bits per heavy atom. The van der Waals surface area contributed by atoms with Gasteiger partial charge in [0.2, 0.25) is 0 Å². The fourth-order valence-corrected chi connectivity index (χ4v) is 1.93. The monoisotopic (exact) mass is 222 g/mol. The number of benzene rings is 1. The zero-order valence-corrected chi connectivity index (χ0v) is 10.3. The minimum atomic E-state index is 0.504. The average Bonchev–Trinajstić information content (AvgIpc) is 2.29. The van der Waals surface area contributed by atoms with Gasteiger partial charge >= 0.3 is 0 Å². The van der Waals surface area contributed by atoms with Gasteiger partial charge in [0.1, 0.15) is 17.8 Å². The highest BCUT2D eigenvalue weighted by atomic mass is 16.5. The number of aldehydes is 1. The fraction of sp³-hybridized carbons (Fsp3) is 0.462. The quantitative estimate of drug-likeness (QED) is 0.718. The van der Waals surface area contributed by atoms with Crippen molar-refractivity contribution in [2.75, 3.05) is 14.2 Å². The Morgan fingerprint density at radius 2 is 1.94 bits per heavy atom. The normalized spacial score (nSPS) is 10.0. The van der Waals surface area contributed by atoms with E-state index in [2.05, 4.69) is 0 Å². The second kappa shape index (κ2) is 5.54. The van der Waals surface area contributed by atoms with Crippen molar-refractivity contribution in [1.82, 2.24) is 0 Å². The van der Waals surface area contributed by atoms with Crippen molar-refractivity contribution in [1.29, 1.82) is 0 Å². The molecule has 3 nitrogen and oxygen atoms in total. The SMILES string of the molecule is COc1cc(C)c(OC)c(CCC=O)c1C. The highest BCUT2D eigenvalue weighted by Crippen LogP contribution is 2.34. The topological polar surface area (TPSA) is 35.5 Å². The zero-order chi connectivity index (χ0) is 12.1. The first-order valence-electron chi connectivity index (χ1n) is 5.30. The van der Waals surface area contributed by atoms with Gasteiger partial charge in [-0.05, 0) is 37.5 Å². The number of hydrogen-bond donors (Lipinski definition) is 0. The van der Waals surface area contributed by atoms with Crippen LogP contribution >= 0.6 is 0 Å². The predicted octanol–water partition coefficient (Wildman–Crippen LogP) is 2.45. The van der Waals surface area contributed by atoms with E-state index in [1.165, 1.54) is 0 Å². The van der Waals surface area contributed by atoms with Crippen LogP contribution in [0.3, 0.4) is 0 Å². The molecule has 1 aromatic carbocycles. The summed E-state index contributed by atoms with van der Waals surface area (Å²) in [6.45, 7) is 3.96. The van der Waals surface area contributed by atoms with Crippen LogP contribution in [0.2, 0.25) is 0 Å². The van der Waals surface area contributed by atoms with E-state index in [0.717, 1.165) is 34.5 Å². The molecule has 0 N–H and O–H groups in total. The zero-order valence-electron chi connectivity index (χ0n) is 10.3. The molecule has 0 bridgehead atoms. The molecule has 1 rings (SSSR count). The molecular weight excluding hydrogens is 204 g/mol. The Morgan fingerprint density at radius 3 is 2.44 bits per heavy atom. The Labute approximate surface area is 96.4 Å². The fourth-order valence-electron chi connectivity index (χ4n) is 1.93. The van der Waals surface area contributed by atoms with Crippen molar-refractivity contribution < 1.29 is 14.3 Å². The summed E-state index contributed by atoms with van der Waals surface area (Å²) in [6, 6.07) is 1.96. The number of ether oxygens (including phenoxy) is 2. The van der Waals surface area contributed by atoms with Crippen LogP contribution in [0.5, 0.6) is 11.5 Å². The van der Waals surface area contributed by atoms with Crippen molar-refractivity contribution in [2.24, 2.45) is 0 Å². The van der Waals surface area contributed by atoms with Crippen molar-refractivity contribution in [3.8, 4) is 11.5 Å². The summed E-state index contributed by atoms with van der Waals surface area (Å²) in [5.74, 6) is 1.71. The van der Waals surface area contributed by atoms with E-state index in [4.69, 9.17) is 9.47 Å². The number of aryl methyl sites for hydroxylation is 1. The van der Waals surface area contributed by atoms with Crippen LogP contribution in [0.25, 0.3) is 0 Å². The third-order valence-electron chi connectivity index (χ3n) is 2.74. The summed E-state index contributed by atoms with van der Waals surface area (Å²) in [7, 11) is 3.30. The number of carbonyl (C=O) groups is 1. The van der Waals surface area contributed by atoms with Gasteiger partial charge in [0, 0.05) is 12.0 Å². The van der Waals surface area contributed by atoms with E-state index in [0.29, 0.717) is 12.8 Å². The first-order chi connectivity index (χ1) is 7.65. The minimum absolute atomic E-state index is 0.504. The molecule has 0 heterocycles. The Bertz CT molecular complexity index is 383. The molecule has 0 radical (unpaired) electrons. The molecule has 0 saturated carbocycles. The summed E-state index contributed by atoms with van der Waals surface area (Å²) in [5.41, 5.74) is 3.14. The molecule has 0 atom stereocenters. The number of methoxy groups -OCH3 is 2. The minimum Gasteiger partial charge on any atom is -0.496 e. The van der Waals surface area contributed by atoms with E-state index in [1.54, 1.807) is 14.2 Å². The summed E-state index contributed by atoms with van der Waals surface area (Å²) in [6.07, 6.45) is 2.12. The molecule has 0 fully saturated rings. The molecule has 0 unspecified atom stereocenters. The summed E-state index contributed by atoms with van der Waals surface area (Å²) < 4.78 is 10.7. The maximum atomic E-state index is 10.5. The Kier molecular flexibility index (Phi) is 4.35. The van der Waals surface area contributed by atoms with E-state index in [-0.39, 0.29) is 0 Å². The largest absolute Gasteiger partial charge is 0.496 e. The first kappa shape index (κ1) is 12.6. The van der Waals surface area contributed by atoms with Crippen molar-refractivity contribution in [3.63, 3.8) is 0 Å². The van der Waals surface area contributed by atoms with Crippen LogP contribution in [0, 0.1) is 13.8 Å². The maximum Gasteiger partial charge on any atom is 0.125 e. The van der Waals surface area contributed by atoms with E-state index < -0.39 is 0 Å². The van der Waals surface area contributed by atoms with E-state index >= 15 is 0 Å². The third-order valence-corrected chi connectivity index (χ3v) is 2.74. The number of carbonyl (C=O) groups excluding carboxylic acids is 1. The Hall–Kier alpha value is -1.51. The predicted molar refractivity (Wildman–Crippen MR) is 63.4 cm³/mol. The van der Waals surface area contributed by atoms with Gasteiger partial charge < -0.3 is 14.3 Å². The molecule has 0 amide bonds. The van der Waals surface area contributed by atoms with Gasteiger partial charge in [-0.25, -0.2) is 0 Å². The molecule has 0 spiro atoms. The highest BCUT2D eigenvalue weighted by molar-refractivity contribution is 5.56. The lowest BCUT2D eigenvalue weighted by Crippen LogP contribution is -2.01. The standard InChI is InChI=1S/C13H18O3/c1-9-8-12(15-3)10(2)11(6-5-7-14)13(9)16-4/h7-8H,5-6H2,1-4H3. The Balaban J connectivity index is 3.27. The summed E-state index contributed by atoms with van der Waals surface area (Å²) in [4.78, 5) is 10.5. The lowest BCUT2D eigenvalue weighted by molar-refractivity contribution is -0.107. The van der Waals surface area contributed by atoms with E-state index in [1.807, 2.05) is 19.9 Å². The van der Waals surface area contributed by atoms with Crippen LogP contribution in [-0.2, 0) is 11.2 Å². The smallest absolute Gasteiger partial charge is 0.125 e. The molecule has 88 valence electrons. The molecule has 3 heteroatoms. The summed E-state index contributed by atoms with van der Waals surface area (Å²) in [5, 5.41) is 0. The van der Waals surface area contributed by atoms with Gasteiger partial charge in [0.05, 0.1) is 14.2 Å². The lowest BCUT2D eigenvalue weighted by Gasteiger charge is -2.16. The van der Waals surface area contributed by atoms with Gasteiger partial charge in [0.25, 0.3) is 0 Å². The van der Waals surface area contributed by atoms with E-state index in [9.17, 15) is 4.79 Å². The van der Waals surface area contributed by atoms with Gasteiger partial charge in [-0.1, -0.05) is 0 Å². The van der Waals surface area contributed by atoms with Crippen LogP contribution in [0.1, 0.15) is 23.1 Å². The number of rotatable bonds is 5. The molecule has 0 aromatic heterocycles. The van der Waals surface area contributed by atoms with Crippen LogP contribution in [-0.4, -0.2) is 20.5 Å². The maximum absolute atomic E-state index is 10.5. The number of hydrogen-bond acceptors (Lipinski definition) is 3. The van der Waals surface area contributed by atoms with Crippen LogP contribution in [0.15, 0.2) is 6.07 Å². The van der Waals surface area contributed by atoms with Gasteiger partial charge in [0.15, 0.2) is 0 Å².